The van der Waals surface area contributed by atoms with Gasteiger partial charge in [0.25, 0.3) is 5.91 Å². The van der Waals surface area contributed by atoms with Crippen LogP contribution in [0.4, 0.5) is 11.4 Å². The lowest BCUT2D eigenvalue weighted by atomic mass is 9.63. The van der Waals surface area contributed by atoms with Crippen LogP contribution in [0.25, 0.3) is 0 Å². The number of para-hydroxylation sites is 1. The number of methoxy groups -OCH3 is 1. The van der Waals surface area contributed by atoms with Gasteiger partial charge >= 0.3 is 0 Å². The van der Waals surface area contributed by atoms with E-state index >= 15 is 0 Å². The number of nitrogens with zero attached hydrogens (tertiary/aromatic N) is 1. The first-order chi connectivity index (χ1) is 15.1. The van der Waals surface area contributed by atoms with Crippen molar-refractivity contribution in [3.63, 3.8) is 0 Å². The molecule has 31 heavy (non-hydrogen) atoms. The lowest BCUT2D eigenvalue weighted by molar-refractivity contribution is -0.124. The SMILES string of the molecule is COc1cccc(NC(=O)c2ccccc2N2C(=O)[C@@H]3[C@@H]4C=C[C@@H]([C@H]5C[C@@H]45)[C@@H]3C2=O)c1. The maximum atomic E-state index is 13.4. The van der Waals surface area contributed by atoms with Crippen molar-refractivity contribution in [3.8, 4) is 5.75 Å². The van der Waals surface area contributed by atoms with Crippen LogP contribution in [-0.2, 0) is 9.59 Å². The van der Waals surface area contributed by atoms with Crippen LogP contribution in [0.2, 0.25) is 0 Å². The minimum Gasteiger partial charge on any atom is -0.497 e. The van der Waals surface area contributed by atoms with Gasteiger partial charge < -0.3 is 10.1 Å². The van der Waals surface area contributed by atoms with E-state index in [0.29, 0.717) is 34.5 Å². The molecule has 1 N–H and O–H groups in total. The van der Waals surface area contributed by atoms with Crippen molar-refractivity contribution < 1.29 is 19.1 Å². The van der Waals surface area contributed by atoms with Gasteiger partial charge in [-0.1, -0.05) is 30.4 Å². The first-order valence-corrected chi connectivity index (χ1v) is 10.7. The Balaban J connectivity index is 1.33. The first kappa shape index (κ1) is 18.4. The molecule has 2 aromatic rings. The number of amides is 3. The van der Waals surface area contributed by atoms with Gasteiger partial charge in [-0.2, -0.15) is 0 Å². The second kappa shape index (κ2) is 6.54. The van der Waals surface area contributed by atoms with E-state index in [2.05, 4.69) is 17.5 Å². The maximum Gasteiger partial charge on any atom is 0.257 e. The van der Waals surface area contributed by atoms with Gasteiger partial charge in [0.2, 0.25) is 11.8 Å². The van der Waals surface area contributed by atoms with E-state index in [1.54, 1.807) is 55.6 Å². The van der Waals surface area contributed by atoms with Gasteiger partial charge in [0.15, 0.2) is 0 Å². The number of imide groups is 1. The number of allylic oxidation sites excluding steroid dienone is 2. The number of rotatable bonds is 4. The van der Waals surface area contributed by atoms with Crippen LogP contribution >= 0.6 is 0 Å². The van der Waals surface area contributed by atoms with Gasteiger partial charge in [-0.3, -0.25) is 14.4 Å². The number of carbonyl (C=O) groups excluding carboxylic acids is 3. The van der Waals surface area contributed by atoms with Crippen molar-refractivity contribution in [2.24, 2.45) is 35.5 Å². The molecule has 0 unspecified atom stereocenters. The topological polar surface area (TPSA) is 75.7 Å². The zero-order valence-electron chi connectivity index (χ0n) is 17.0. The highest BCUT2D eigenvalue weighted by Crippen LogP contribution is 2.65. The lowest BCUT2D eigenvalue weighted by Crippen LogP contribution is -2.40. The Labute approximate surface area is 179 Å². The molecule has 6 nitrogen and oxygen atoms in total. The molecule has 156 valence electrons. The Morgan fingerprint density at radius 2 is 1.65 bits per heavy atom. The van der Waals surface area contributed by atoms with Gasteiger partial charge in [-0.25, -0.2) is 4.90 Å². The average molecular weight is 414 g/mol. The summed E-state index contributed by atoms with van der Waals surface area (Å²) < 4.78 is 5.21. The molecule has 1 aliphatic heterocycles. The molecule has 0 radical (unpaired) electrons. The minimum absolute atomic E-state index is 0.152. The first-order valence-electron chi connectivity index (χ1n) is 10.7. The van der Waals surface area contributed by atoms with E-state index < -0.39 is 0 Å². The normalized spacial score (nSPS) is 32.0. The smallest absolute Gasteiger partial charge is 0.257 e. The molecule has 1 saturated heterocycles. The number of ether oxygens (including phenoxy) is 1. The number of benzene rings is 2. The quantitative estimate of drug-likeness (QED) is 0.614. The van der Waals surface area contributed by atoms with Crippen LogP contribution < -0.4 is 15.0 Å². The second-order valence-corrected chi connectivity index (χ2v) is 8.87. The van der Waals surface area contributed by atoms with E-state index in [-0.39, 0.29) is 41.4 Å². The summed E-state index contributed by atoms with van der Waals surface area (Å²) in [4.78, 5) is 41.3. The van der Waals surface area contributed by atoms with Crippen LogP contribution in [0.1, 0.15) is 16.8 Å². The molecular weight excluding hydrogens is 392 g/mol. The number of carbonyl (C=O) groups is 3. The fourth-order valence-corrected chi connectivity index (χ4v) is 5.95. The Morgan fingerprint density at radius 3 is 2.32 bits per heavy atom. The predicted octanol–water partition coefficient (Wildman–Crippen LogP) is 3.51. The maximum absolute atomic E-state index is 13.4. The van der Waals surface area contributed by atoms with Gasteiger partial charge in [-0.15, -0.1) is 0 Å². The number of anilines is 2. The third-order valence-electron chi connectivity index (χ3n) is 7.38. The Hall–Kier alpha value is -3.41. The Bertz CT molecular complexity index is 1120. The molecular formula is C25H22N2O4. The molecule has 6 heteroatoms. The third kappa shape index (κ3) is 2.60. The Kier molecular flexibility index (Phi) is 3.88. The summed E-state index contributed by atoms with van der Waals surface area (Å²) in [7, 11) is 1.56. The summed E-state index contributed by atoms with van der Waals surface area (Å²) in [6.07, 6.45) is 5.42. The molecule has 0 aromatic heterocycles. The van der Waals surface area contributed by atoms with Crippen LogP contribution in [0.15, 0.2) is 60.7 Å². The standard InChI is InChI=1S/C25H22N2O4/c1-31-14-6-4-5-13(11-14)26-23(28)17-7-2-3-8-20(17)27-24(29)21-15-9-10-16(19-12-18(15)19)22(21)25(27)30/h2-11,15-16,18-19,21-22H,12H2,1H3,(H,26,28)/t15-,16+,18+,19-,21-,22+. The van der Waals surface area contributed by atoms with Crippen molar-refractivity contribution in [3.05, 3.63) is 66.2 Å². The van der Waals surface area contributed by atoms with Crippen molar-refractivity contribution in [2.75, 3.05) is 17.3 Å². The van der Waals surface area contributed by atoms with Gasteiger partial charge in [0.05, 0.1) is 30.2 Å². The molecule has 3 fully saturated rings. The molecule has 2 saturated carbocycles. The van der Waals surface area contributed by atoms with Crippen molar-refractivity contribution in [2.45, 2.75) is 6.42 Å². The molecule has 2 aromatic carbocycles. The monoisotopic (exact) mass is 414 g/mol. The van der Waals surface area contributed by atoms with E-state index in [1.165, 1.54) is 4.90 Å². The zero-order chi connectivity index (χ0) is 21.3. The fraction of sp³-hybridized carbons (Fsp3) is 0.320. The van der Waals surface area contributed by atoms with Crippen LogP contribution in [-0.4, -0.2) is 24.8 Å². The van der Waals surface area contributed by atoms with Crippen molar-refractivity contribution in [1.29, 1.82) is 0 Å². The number of hydrogen-bond donors (Lipinski definition) is 1. The van der Waals surface area contributed by atoms with Crippen LogP contribution in [0, 0.1) is 35.5 Å². The molecule has 7 rings (SSSR count). The third-order valence-corrected chi connectivity index (χ3v) is 7.38. The lowest BCUT2D eigenvalue weighted by Gasteiger charge is -2.37. The van der Waals surface area contributed by atoms with E-state index in [4.69, 9.17) is 4.74 Å². The molecule has 6 atom stereocenters. The highest BCUT2D eigenvalue weighted by atomic mass is 16.5. The summed E-state index contributed by atoms with van der Waals surface area (Å²) in [6, 6.07) is 13.9. The van der Waals surface area contributed by atoms with Crippen LogP contribution in [0.5, 0.6) is 5.75 Å². The average Bonchev–Trinajstić information content (AvgIpc) is 3.57. The van der Waals surface area contributed by atoms with Crippen molar-refractivity contribution in [1.82, 2.24) is 0 Å². The highest BCUT2D eigenvalue weighted by Gasteiger charge is 2.67. The number of nitrogens with one attached hydrogen (secondary N) is 1. The summed E-state index contributed by atoms with van der Waals surface area (Å²) in [5, 5.41) is 2.85. The molecule has 3 amide bonds. The zero-order valence-corrected chi connectivity index (χ0v) is 17.0. The largest absolute Gasteiger partial charge is 0.497 e. The second-order valence-electron chi connectivity index (χ2n) is 8.87. The molecule has 4 aliphatic carbocycles. The fourth-order valence-electron chi connectivity index (χ4n) is 5.95. The molecule has 5 aliphatic rings. The molecule has 1 heterocycles. The van der Waals surface area contributed by atoms with Crippen molar-refractivity contribution >= 4 is 29.1 Å². The van der Waals surface area contributed by atoms with Crippen LogP contribution in [0.3, 0.4) is 0 Å². The van der Waals surface area contributed by atoms with E-state index in [1.807, 2.05) is 0 Å². The van der Waals surface area contributed by atoms with Gasteiger partial charge in [-0.05, 0) is 54.4 Å². The van der Waals surface area contributed by atoms with E-state index in [9.17, 15) is 14.4 Å². The minimum atomic E-state index is -0.372. The molecule has 0 spiro atoms. The Morgan fingerprint density at radius 1 is 0.968 bits per heavy atom. The predicted molar refractivity (Wildman–Crippen MR) is 115 cm³/mol. The summed E-state index contributed by atoms with van der Waals surface area (Å²) in [6.45, 7) is 0. The summed E-state index contributed by atoms with van der Waals surface area (Å²) in [5.74, 6) is 0.728. The summed E-state index contributed by atoms with van der Waals surface area (Å²) in [5.41, 5.74) is 1.24. The molecule has 2 bridgehead atoms. The summed E-state index contributed by atoms with van der Waals surface area (Å²) >= 11 is 0. The highest BCUT2D eigenvalue weighted by molar-refractivity contribution is 6.25. The van der Waals surface area contributed by atoms with Gasteiger partial charge in [0.1, 0.15) is 5.75 Å². The van der Waals surface area contributed by atoms with Gasteiger partial charge in [0, 0.05) is 11.8 Å². The number of hydrogen-bond acceptors (Lipinski definition) is 4. The van der Waals surface area contributed by atoms with E-state index in [0.717, 1.165) is 6.42 Å².